The maximum absolute atomic E-state index is 10.3. The molecule has 0 aromatic heterocycles. The van der Waals surface area contributed by atoms with Crippen LogP contribution in [-0.2, 0) is 4.79 Å². The van der Waals surface area contributed by atoms with E-state index in [1.807, 2.05) is 0 Å². The normalized spacial score (nSPS) is 15.5. The third-order valence-corrected chi connectivity index (χ3v) is 1.69. The second kappa shape index (κ2) is 6.75. The minimum atomic E-state index is -0.869. The highest BCUT2D eigenvalue weighted by molar-refractivity contribution is 5.66. The first-order valence-electron chi connectivity index (χ1n) is 4.72. The van der Waals surface area contributed by atoms with Crippen molar-refractivity contribution in [3.63, 3.8) is 0 Å². The topological polar surface area (TPSA) is 81.0 Å². The highest BCUT2D eigenvalue weighted by atomic mass is 16.4. The molecule has 2 unspecified atom stereocenters. The Morgan fingerprint density at radius 2 is 1.64 bits per heavy atom. The number of hydrogen-bond donors (Lipinski definition) is 3. The number of carboxylic acid groups (broad SMARTS) is 1. The number of aliphatic hydroxyl groups excluding tert-OH is 2. The fourth-order valence-electron chi connectivity index (χ4n) is 1.26. The van der Waals surface area contributed by atoms with E-state index in [0.29, 0.717) is 19.6 Å². The first-order chi connectivity index (χ1) is 6.41. The molecule has 0 saturated heterocycles. The van der Waals surface area contributed by atoms with Gasteiger partial charge in [0.15, 0.2) is 0 Å². The van der Waals surface area contributed by atoms with Gasteiger partial charge in [0.2, 0.25) is 0 Å². The molecule has 0 aromatic rings. The molecular weight excluding hydrogens is 186 g/mol. The SMILES string of the molecule is CC(O)CN(CCC(=O)O)CC(C)O. The lowest BCUT2D eigenvalue weighted by atomic mass is 10.3. The third-order valence-electron chi connectivity index (χ3n) is 1.69. The lowest BCUT2D eigenvalue weighted by Gasteiger charge is -2.24. The van der Waals surface area contributed by atoms with Crippen LogP contribution in [-0.4, -0.2) is 58.0 Å². The molecule has 3 N–H and O–H groups in total. The van der Waals surface area contributed by atoms with Crippen molar-refractivity contribution in [2.75, 3.05) is 19.6 Å². The smallest absolute Gasteiger partial charge is 0.304 e. The molecule has 84 valence electrons. The predicted octanol–water partition coefficient (Wildman–Crippen LogP) is -0.475. The summed E-state index contributed by atoms with van der Waals surface area (Å²) in [5.41, 5.74) is 0. The molecule has 0 saturated carbocycles. The Bertz CT molecular complexity index is 160. The van der Waals surface area contributed by atoms with Crippen LogP contribution in [0.15, 0.2) is 0 Å². The van der Waals surface area contributed by atoms with Crippen LogP contribution < -0.4 is 0 Å². The number of nitrogens with zero attached hydrogens (tertiary/aromatic N) is 1. The third kappa shape index (κ3) is 7.97. The molecular formula is C9H19NO4. The van der Waals surface area contributed by atoms with Crippen molar-refractivity contribution in [2.45, 2.75) is 32.5 Å². The van der Waals surface area contributed by atoms with Gasteiger partial charge in [-0.3, -0.25) is 9.69 Å². The van der Waals surface area contributed by atoms with Crippen LogP contribution in [0.3, 0.4) is 0 Å². The molecule has 0 radical (unpaired) electrons. The second-order valence-corrected chi connectivity index (χ2v) is 3.60. The second-order valence-electron chi connectivity index (χ2n) is 3.60. The summed E-state index contributed by atoms with van der Waals surface area (Å²) < 4.78 is 0. The van der Waals surface area contributed by atoms with Crippen molar-refractivity contribution in [3.05, 3.63) is 0 Å². The molecule has 0 spiro atoms. The van der Waals surface area contributed by atoms with Crippen molar-refractivity contribution in [1.82, 2.24) is 4.90 Å². The molecule has 5 nitrogen and oxygen atoms in total. The molecule has 0 amide bonds. The van der Waals surface area contributed by atoms with Gasteiger partial charge in [0.1, 0.15) is 0 Å². The van der Waals surface area contributed by atoms with Crippen LogP contribution in [0.5, 0.6) is 0 Å². The summed E-state index contributed by atoms with van der Waals surface area (Å²) in [5.74, 6) is -0.869. The van der Waals surface area contributed by atoms with Gasteiger partial charge in [0.25, 0.3) is 0 Å². The molecule has 0 bridgehead atoms. The molecule has 0 rings (SSSR count). The van der Waals surface area contributed by atoms with Crippen LogP contribution in [0, 0.1) is 0 Å². The van der Waals surface area contributed by atoms with Crippen molar-refractivity contribution in [2.24, 2.45) is 0 Å². The molecule has 0 aliphatic heterocycles. The number of aliphatic hydroxyl groups is 2. The summed E-state index contributed by atoms with van der Waals surface area (Å²) in [6.07, 6.45) is -0.996. The Labute approximate surface area is 84.0 Å². The van der Waals surface area contributed by atoms with Crippen LogP contribution >= 0.6 is 0 Å². The summed E-state index contributed by atoms with van der Waals surface area (Å²) in [5, 5.41) is 26.7. The summed E-state index contributed by atoms with van der Waals surface area (Å²) in [6.45, 7) is 4.40. The van der Waals surface area contributed by atoms with E-state index < -0.39 is 18.2 Å². The fraction of sp³-hybridized carbons (Fsp3) is 0.889. The zero-order valence-corrected chi connectivity index (χ0v) is 8.68. The quantitative estimate of drug-likeness (QED) is 0.523. The average Bonchev–Trinajstić information content (AvgIpc) is 1.97. The van der Waals surface area contributed by atoms with Crippen LogP contribution in [0.2, 0.25) is 0 Å². The zero-order chi connectivity index (χ0) is 11.1. The van der Waals surface area contributed by atoms with Gasteiger partial charge in [-0.2, -0.15) is 0 Å². The van der Waals surface area contributed by atoms with Crippen LogP contribution in [0.1, 0.15) is 20.3 Å². The first kappa shape index (κ1) is 13.4. The van der Waals surface area contributed by atoms with Crippen molar-refractivity contribution >= 4 is 5.97 Å². The van der Waals surface area contributed by atoms with Gasteiger partial charge in [0.05, 0.1) is 18.6 Å². The number of carbonyl (C=O) groups is 1. The Morgan fingerprint density at radius 3 is 1.93 bits per heavy atom. The highest BCUT2D eigenvalue weighted by Crippen LogP contribution is 1.97. The van der Waals surface area contributed by atoms with Gasteiger partial charge in [-0.25, -0.2) is 0 Å². The Morgan fingerprint density at radius 1 is 1.21 bits per heavy atom. The fourth-order valence-corrected chi connectivity index (χ4v) is 1.26. The minimum Gasteiger partial charge on any atom is -0.481 e. The molecule has 5 heteroatoms. The zero-order valence-electron chi connectivity index (χ0n) is 8.68. The molecule has 0 fully saturated rings. The van der Waals surface area contributed by atoms with E-state index in [0.717, 1.165) is 0 Å². The summed E-state index contributed by atoms with van der Waals surface area (Å²) in [6, 6.07) is 0. The van der Waals surface area contributed by atoms with E-state index in [9.17, 15) is 4.79 Å². The molecule has 2 atom stereocenters. The standard InChI is InChI=1S/C9H19NO4/c1-7(11)5-10(6-8(2)12)4-3-9(13)14/h7-8,11-12H,3-6H2,1-2H3,(H,13,14). The van der Waals surface area contributed by atoms with E-state index in [1.54, 1.807) is 18.7 Å². The van der Waals surface area contributed by atoms with E-state index >= 15 is 0 Å². The van der Waals surface area contributed by atoms with Crippen LogP contribution in [0.4, 0.5) is 0 Å². The van der Waals surface area contributed by atoms with Gasteiger partial charge in [-0.15, -0.1) is 0 Å². The van der Waals surface area contributed by atoms with E-state index in [2.05, 4.69) is 0 Å². The van der Waals surface area contributed by atoms with E-state index in [1.165, 1.54) is 0 Å². The van der Waals surface area contributed by atoms with E-state index in [4.69, 9.17) is 15.3 Å². The van der Waals surface area contributed by atoms with E-state index in [-0.39, 0.29) is 6.42 Å². The largest absolute Gasteiger partial charge is 0.481 e. The van der Waals surface area contributed by atoms with Gasteiger partial charge in [-0.1, -0.05) is 0 Å². The Hall–Kier alpha value is -0.650. The van der Waals surface area contributed by atoms with Crippen molar-refractivity contribution < 1.29 is 20.1 Å². The highest BCUT2D eigenvalue weighted by Gasteiger charge is 2.12. The maximum Gasteiger partial charge on any atom is 0.304 e. The van der Waals surface area contributed by atoms with Gasteiger partial charge in [-0.05, 0) is 13.8 Å². The predicted molar refractivity (Wildman–Crippen MR) is 52.1 cm³/mol. The van der Waals surface area contributed by atoms with Crippen molar-refractivity contribution in [3.8, 4) is 0 Å². The summed E-state index contributed by atoms with van der Waals surface area (Å²) in [7, 11) is 0. The monoisotopic (exact) mass is 205 g/mol. The Balaban J connectivity index is 3.90. The summed E-state index contributed by atoms with van der Waals surface area (Å²) >= 11 is 0. The lowest BCUT2D eigenvalue weighted by Crippen LogP contribution is -2.37. The lowest BCUT2D eigenvalue weighted by molar-refractivity contribution is -0.137. The van der Waals surface area contributed by atoms with Gasteiger partial charge in [0, 0.05) is 19.6 Å². The van der Waals surface area contributed by atoms with Gasteiger partial charge < -0.3 is 15.3 Å². The maximum atomic E-state index is 10.3. The molecule has 0 aliphatic rings. The Kier molecular flexibility index (Phi) is 6.44. The number of carboxylic acids is 1. The molecule has 0 aromatic carbocycles. The summed E-state index contributed by atoms with van der Waals surface area (Å²) in [4.78, 5) is 12.1. The van der Waals surface area contributed by atoms with Crippen LogP contribution in [0.25, 0.3) is 0 Å². The number of aliphatic carboxylic acids is 1. The molecule has 0 aliphatic carbocycles. The van der Waals surface area contributed by atoms with Gasteiger partial charge >= 0.3 is 5.97 Å². The molecule has 14 heavy (non-hydrogen) atoms. The van der Waals surface area contributed by atoms with Crippen molar-refractivity contribution in [1.29, 1.82) is 0 Å². The average molecular weight is 205 g/mol. The number of rotatable bonds is 7. The minimum absolute atomic E-state index is 0.0272. The first-order valence-corrected chi connectivity index (χ1v) is 4.72. The molecule has 0 heterocycles. The number of hydrogen-bond acceptors (Lipinski definition) is 4.